The zero-order valence-electron chi connectivity index (χ0n) is 16.4. The molecule has 0 aliphatic carbocycles. The van der Waals surface area contributed by atoms with Gasteiger partial charge in [0.05, 0.1) is 21.9 Å². The number of nitrogens with zero attached hydrogens (tertiary/aromatic N) is 2. The van der Waals surface area contributed by atoms with E-state index in [1.54, 1.807) is 11.8 Å². The molecule has 0 saturated carbocycles. The minimum atomic E-state index is -0.205. The molecule has 1 amide bonds. The summed E-state index contributed by atoms with van der Waals surface area (Å²) in [4.78, 5) is 12.8. The largest absolute Gasteiger partial charge is 0.454 e. The van der Waals surface area contributed by atoms with Gasteiger partial charge in [-0.15, -0.1) is 11.8 Å². The van der Waals surface area contributed by atoms with Gasteiger partial charge in [0.1, 0.15) is 5.82 Å². The van der Waals surface area contributed by atoms with E-state index in [9.17, 15) is 4.79 Å². The molecule has 0 radical (unpaired) electrons. The van der Waals surface area contributed by atoms with Gasteiger partial charge in [0.2, 0.25) is 12.7 Å². The number of carbonyl (C=O) groups excluding carboxylic acids is 1. The number of hydrogen-bond acceptors (Lipinski definition) is 5. The summed E-state index contributed by atoms with van der Waals surface area (Å²) in [5.74, 6) is 2.20. The second kappa shape index (κ2) is 6.84. The number of carbonyl (C=O) groups is 1. The molecular weight excluding hydrogens is 386 g/mol. The molecule has 2 aromatic carbocycles. The number of fused-ring (bicyclic) bond motifs is 2. The zero-order chi connectivity index (χ0) is 20.1. The van der Waals surface area contributed by atoms with Gasteiger partial charge >= 0.3 is 0 Å². The van der Waals surface area contributed by atoms with Crippen molar-refractivity contribution in [1.29, 1.82) is 0 Å². The van der Waals surface area contributed by atoms with Crippen LogP contribution in [0.2, 0.25) is 0 Å². The standard InChI is InChI=1S/C22H21N3O3S/c1-12-4-7-16(8-5-12)25-21-19(13(2)24-25)20(29-14(3)22(26)23-21)15-6-9-17-18(10-15)28-11-27-17/h4-10,14,20H,11H2,1-3H3,(H,23,26)/t14-,20+/m0/s1. The Balaban J connectivity index is 1.67. The number of benzene rings is 2. The smallest absolute Gasteiger partial charge is 0.238 e. The second-order valence-electron chi connectivity index (χ2n) is 7.36. The highest BCUT2D eigenvalue weighted by atomic mass is 32.2. The molecule has 1 aromatic heterocycles. The Morgan fingerprint density at radius 3 is 2.66 bits per heavy atom. The quantitative estimate of drug-likeness (QED) is 0.683. The van der Waals surface area contributed by atoms with E-state index in [1.807, 2.05) is 67.9 Å². The Labute approximate surface area is 173 Å². The van der Waals surface area contributed by atoms with Crippen molar-refractivity contribution in [2.45, 2.75) is 31.3 Å². The number of aromatic nitrogens is 2. The maximum Gasteiger partial charge on any atom is 0.238 e. The molecule has 1 N–H and O–H groups in total. The van der Waals surface area contributed by atoms with Crippen molar-refractivity contribution in [3.63, 3.8) is 0 Å². The fourth-order valence-corrected chi connectivity index (χ4v) is 5.03. The monoisotopic (exact) mass is 407 g/mol. The van der Waals surface area contributed by atoms with Crippen LogP contribution in [-0.4, -0.2) is 27.7 Å². The number of thioether (sulfide) groups is 1. The van der Waals surface area contributed by atoms with E-state index in [0.29, 0.717) is 0 Å². The summed E-state index contributed by atoms with van der Waals surface area (Å²) in [5, 5.41) is 7.63. The molecule has 6 nitrogen and oxygen atoms in total. The van der Waals surface area contributed by atoms with Crippen molar-refractivity contribution in [2.24, 2.45) is 0 Å². The van der Waals surface area contributed by atoms with Gasteiger partial charge in [-0.25, -0.2) is 4.68 Å². The van der Waals surface area contributed by atoms with Gasteiger partial charge in [0.25, 0.3) is 0 Å². The third-order valence-electron chi connectivity index (χ3n) is 5.30. The van der Waals surface area contributed by atoms with Crippen molar-refractivity contribution < 1.29 is 14.3 Å². The zero-order valence-corrected chi connectivity index (χ0v) is 17.2. The average molecular weight is 407 g/mol. The van der Waals surface area contributed by atoms with Crippen LogP contribution in [0.5, 0.6) is 11.5 Å². The number of rotatable bonds is 2. The van der Waals surface area contributed by atoms with E-state index in [0.717, 1.165) is 39.8 Å². The highest BCUT2D eigenvalue weighted by Gasteiger charge is 2.34. The molecule has 2 atom stereocenters. The van der Waals surface area contributed by atoms with Crippen molar-refractivity contribution in [3.8, 4) is 17.2 Å². The Bertz CT molecular complexity index is 1110. The summed E-state index contributed by atoms with van der Waals surface area (Å²) in [6, 6.07) is 14.1. The topological polar surface area (TPSA) is 65.4 Å². The molecule has 3 heterocycles. The first-order valence-corrected chi connectivity index (χ1v) is 10.5. The lowest BCUT2D eigenvalue weighted by atomic mass is 10.0. The van der Waals surface area contributed by atoms with E-state index >= 15 is 0 Å². The van der Waals surface area contributed by atoms with Crippen LogP contribution in [0.25, 0.3) is 5.69 Å². The molecule has 0 bridgehead atoms. The van der Waals surface area contributed by atoms with Crippen LogP contribution in [0.3, 0.4) is 0 Å². The van der Waals surface area contributed by atoms with Gasteiger partial charge in [-0.3, -0.25) is 4.79 Å². The molecule has 2 aliphatic rings. The molecule has 148 valence electrons. The number of nitrogens with one attached hydrogen (secondary N) is 1. The Morgan fingerprint density at radius 1 is 1.10 bits per heavy atom. The SMILES string of the molecule is Cc1ccc(-n2nc(C)c3c2NC(=O)[C@H](C)S[C@@H]3c2ccc3c(c2)OCO3)cc1. The number of amides is 1. The molecule has 0 fully saturated rings. The van der Waals surface area contributed by atoms with Crippen LogP contribution in [0.15, 0.2) is 42.5 Å². The van der Waals surface area contributed by atoms with Crippen LogP contribution < -0.4 is 14.8 Å². The van der Waals surface area contributed by atoms with Crippen molar-refractivity contribution >= 4 is 23.5 Å². The van der Waals surface area contributed by atoms with E-state index in [-0.39, 0.29) is 23.2 Å². The number of anilines is 1. The summed E-state index contributed by atoms with van der Waals surface area (Å²) in [7, 11) is 0. The van der Waals surface area contributed by atoms with Crippen molar-refractivity contribution in [3.05, 3.63) is 64.8 Å². The number of aryl methyl sites for hydroxylation is 2. The van der Waals surface area contributed by atoms with Crippen LogP contribution in [-0.2, 0) is 4.79 Å². The minimum Gasteiger partial charge on any atom is -0.454 e. The summed E-state index contributed by atoms with van der Waals surface area (Å²) in [5.41, 5.74) is 5.08. The normalized spacial score (nSPS) is 20.2. The molecule has 2 aliphatic heterocycles. The number of hydrogen-bond donors (Lipinski definition) is 1. The summed E-state index contributed by atoms with van der Waals surface area (Å²) >= 11 is 1.62. The predicted molar refractivity (Wildman–Crippen MR) is 113 cm³/mol. The predicted octanol–water partition coefficient (Wildman–Crippen LogP) is 4.38. The third kappa shape index (κ3) is 3.06. The van der Waals surface area contributed by atoms with Gasteiger partial charge < -0.3 is 14.8 Å². The van der Waals surface area contributed by atoms with Gasteiger partial charge in [-0.05, 0) is 50.6 Å². The lowest BCUT2D eigenvalue weighted by Gasteiger charge is -2.17. The summed E-state index contributed by atoms with van der Waals surface area (Å²) in [6.07, 6.45) is 0. The molecule has 5 rings (SSSR count). The molecule has 29 heavy (non-hydrogen) atoms. The Morgan fingerprint density at radius 2 is 1.86 bits per heavy atom. The van der Waals surface area contributed by atoms with Crippen LogP contribution >= 0.6 is 11.8 Å². The average Bonchev–Trinajstić information content (AvgIpc) is 3.27. The molecule has 0 unspecified atom stereocenters. The van der Waals surface area contributed by atoms with Crippen molar-refractivity contribution in [1.82, 2.24) is 9.78 Å². The van der Waals surface area contributed by atoms with Gasteiger partial charge in [0, 0.05) is 5.56 Å². The van der Waals surface area contributed by atoms with E-state index < -0.39 is 0 Å². The molecule has 3 aromatic rings. The van der Waals surface area contributed by atoms with Crippen LogP contribution in [0.1, 0.15) is 34.6 Å². The Kier molecular flexibility index (Phi) is 4.28. The number of ether oxygens (including phenoxy) is 2. The summed E-state index contributed by atoms with van der Waals surface area (Å²) in [6.45, 7) is 6.22. The molecule has 7 heteroatoms. The second-order valence-corrected chi connectivity index (χ2v) is 8.81. The van der Waals surface area contributed by atoms with Gasteiger partial charge in [-0.1, -0.05) is 23.8 Å². The maximum absolute atomic E-state index is 12.8. The van der Waals surface area contributed by atoms with Crippen LogP contribution in [0.4, 0.5) is 5.82 Å². The van der Waals surface area contributed by atoms with Gasteiger partial charge in [-0.2, -0.15) is 5.10 Å². The third-order valence-corrected chi connectivity index (χ3v) is 6.70. The van der Waals surface area contributed by atoms with Crippen molar-refractivity contribution in [2.75, 3.05) is 12.1 Å². The fourth-order valence-electron chi connectivity index (χ4n) is 3.72. The fraction of sp³-hybridized carbons (Fsp3) is 0.273. The van der Waals surface area contributed by atoms with Gasteiger partial charge in [0.15, 0.2) is 11.5 Å². The van der Waals surface area contributed by atoms with Crippen LogP contribution in [0, 0.1) is 13.8 Å². The lowest BCUT2D eigenvalue weighted by Crippen LogP contribution is -2.22. The first-order valence-electron chi connectivity index (χ1n) is 9.53. The van der Waals surface area contributed by atoms with E-state index in [2.05, 4.69) is 5.32 Å². The Hall–Kier alpha value is -2.93. The highest BCUT2D eigenvalue weighted by molar-refractivity contribution is 8.01. The van der Waals surface area contributed by atoms with E-state index in [4.69, 9.17) is 14.6 Å². The minimum absolute atomic E-state index is 0.0206. The summed E-state index contributed by atoms with van der Waals surface area (Å²) < 4.78 is 12.9. The molecule has 0 spiro atoms. The lowest BCUT2D eigenvalue weighted by molar-refractivity contribution is -0.115. The maximum atomic E-state index is 12.8. The molecular formula is C22H21N3O3S. The first kappa shape index (κ1) is 18.1. The van der Waals surface area contributed by atoms with E-state index in [1.165, 1.54) is 5.56 Å². The first-order chi connectivity index (χ1) is 14.0. The molecule has 0 saturated heterocycles. The highest BCUT2D eigenvalue weighted by Crippen LogP contribution is 2.48.